The van der Waals surface area contributed by atoms with E-state index in [-0.39, 0.29) is 11.7 Å². The van der Waals surface area contributed by atoms with E-state index in [4.69, 9.17) is 0 Å². The first-order valence-electron chi connectivity index (χ1n) is 10.1. The Kier molecular flexibility index (Phi) is 6.44. The molecule has 2 aromatic carbocycles. The van der Waals surface area contributed by atoms with Gasteiger partial charge in [-0.25, -0.2) is 12.7 Å². The Morgan fingerprint density at radius 1 is 1.03 bits per heavy atom. The van der Waals surface area contributed by atoms with E-state index in [1.807, 2.05) is 56.4 Å². The number of rotatable bonds is 6. The first kappa shape index (κ1) is 21.5. The van der Waals surface area contributed by atoms with Crippen LogP contribution in [-0.4, -0.2) is 49.4 Å². The molecule has 0 saturated carbocycles. The van der Waals surface area contributed by atoms with E-state index in [1.165, 1.54) is 9.87 Å². The molecule has 1 aliphatic heterocycles. The third kappa shape index (κ3) is 4.54. The molecule has 5 nitrogen and oxygen atoms in total. The summed E-state index contributed by atoms with van der Waals surface area (Å²) >= 11 is 0. The predicted octanol–water partition coefficient (Wildman–Crippen LogP) is 3.34. The number of hydrogen-bond donors (Lipinski definition) is 0. The summed E-state index contributed by atoms with van der Waals surface area (Å²) in [7, 11) is -1.41. The lowest BCUT2D eigenvalue weighted by atomic mass is 9.72. The quantitative estimate of drug-likeness (QED) is 0.728. The molecule has 1 heterocycles. The molecule has 1 amide bonds. The number of amides is 1. The summed E-state index contributed by atoms with van der Waals surface area (Å²) < 4.78 is 26.1. The van der Waals surface area contributed by atoms with Crippen molar-refractivity contribution >= 4 is 15.9 Å². The van der Waals surface area contributed by atoms with Crippen molar-refractivity contribution < 1.29 is 13.2 Å². The Labute approximate surface area is 174 Å². The van der Waals surface area contributed by atoms with Crippen LogP contribution >= 0.6 is 0 Å². The maximum atomic E-state index is 13.7. The summed E-state index contributed by atoms with van der Waals surface area (Å²) in [6.07, 6.45) is 0.987. The zero-order chi connectivity index (χ0) is 21.1. The van der Waals surface area contributed by atoms with E-state index in [9.17, 15) is 13.2 Å². The number of hydrogen-bond acceptors (Lipinski definition) is 3. The van der Waals surface area contributed by atoms with Crippen LogP contribution in [0.15, 0.2) is 54.6 Å². The van der Waals surface area contributed by atoms with Crippen LogP contribution in [0.4, 0.5) is 0 Å². The molecule has 0 aliphatic carbocycles. The maximum absolute atomic E-state index is 13.7. The number of piperidine rings is 1. The van der Waals surface area contributed by atoms with Crippen molar-refractivity contribution in [2.24, 2.45) is 0 Å². The summed E-state index contributed by atoms with van der Waals surface area (Å²) in [5.41, 5.74) is 2.54. The van der Waals surface area contributed by atoms with Crippen molar-refractivity contribution in [3.05, 3.63) is 71.3 Å². The number of likely N-dealkylation sites (N-methyl/N-ethyl adjacent to an activating group) is 1. The predicted molar refractivity (Wildman–Crippen MR) is 116 cm³/mol. The first-order chi connectivity index (χ1) is 13.8. The smallest absolute Gasteiger partial charge is 0.233 e. The van der Waals surface area contributed by atoms with Gasteiger partial charge in [0.2, 0.25) is 15.9 Å². The van der Waals surface area contributed by atoms with Crippen LogP contribution in [0.3, 0.4) is 0 Å². The minimum atomic E-state index is -3.24. The van der Waals surface area contributed by atoms with E-state index in [2.05, 4.69) is 12.1 Å². The lowest BCUT2D eigenvalue weighted by Crippen LogP contribution is -2.53. The van der Waals surface area contributed by atoms with Gasteiger partial charge in [0.1, 0.15) is 0 Å². The Hall–Kier alpha value is -2.18. The van der Waals surface area contributed by atoms with Crippen LogP contribution in [0.1, 0.15) is 36.5 Å². The van der Waals surface area contributed by atoms with Crippen molar-refractivity contribution in [1.82, 2.24) is 9.21 Å². The second kappa shape index (κ2) is 8.67. The highest BCUT2D eigenvalue weighted by Gasteiger charge is 2.45. The Balaban J connectivity index is 1.86. The highest BCUT2D eigenvalue weighted by molar-refractivity contribution is 7.89. The molecule has 0 radical (unpaired) electrons. The summed E-state index contributed by atoms with van der Waals surface area (Å²) in [5.74, 6) is 0.143. The molecule has 29 heavy (non-hydrogen) atoms. The van der Waals surface area contributed by atoms with Gasteiger partial charge in [0, 0.05) is 26.7 Å². The van der Waals surface area contributed by atoms with E-state index < -0.39 is 15.4 Å². The molecule has 2 aromatic rings. The number of carbonyl (C=O) groups is 1. The topological polar surface area (TPSA) is 57.7 Å². The normalized spacial score (nSPS) is 17.1. The number of carbonyl (C=O) groups excluding carboxylic acids is 1. The number of sulfonamides is 1. The molecule has 6 heteroatoms. The Morgan fingerprint density at radius 2 is 1.62 bits per heavy atom. The van der Waals surface area contributed by atoms with Crippen LogP contribution in [0.25, 0.3) is 0 Å². The van der Waals surface area contributed by atoms with Gasteiger partial charge in [-0.15, -0.1) is 0 Å². The molecule has 0 aromatic heterocycles. The lowest BCUT2D eigenvalue weighted by molar-refractivity contribution is -0.138. The standard InChI is InChI=1S/C23H30N2O3S/c1-4-29(27,28)25-16-14-23(15-17-25,21-8-6-5-7-9-21)22(26)24(3)18-20-12-10-19(2)11-13-20/h5-13H,4,14-18H2,1-3H3. The van der Waals surface area contributed by atoms with Gasteiger partial charge in [-0.3, -0.25) is 4.79 Å². The molecular weight excluding hydrogens is 384 g/mol. The zero-order valence-electron chi connectivity index (χ0n) is 17.5. The van der Waals surface area contributed by atoms with Crippen LogP contribution in [0.2, 0.25) is 0 Å². The fraction of sp³-hybridized carbons (Fsp3) is 0.435. The van der Waals surface area contributed by atoms with Gasteiger partial charge in [0.15, 0.2) is 0 Å². The summed E-state index contributed by atoms with van der Waals surface area (Å²) in [5, 5.41) is 0. The lowest BCUT2D eigenvalue weighted by Gasteiger charge is -2.42. The highest BCUT2D eigenvalue weighted by atomic mass is 32.2. The molecule has 1 aliphatic rings. The fourth-order valence-electron chi connectivity index (χ4n) is 4.12. The molecular formula is C23H30N2O3S. The van der Waals surface area contributed by atoms with Gasteiger partial charge in [0.05, 0.1) is 11.2 Å². The third-order valence-electron chi connectivity index (χ3n) is 5.96. The van der Waals surface area contributed by atoms with Crippen molar-refractivity contribution in [3.8, 4) is 0 Å². The second-order valence-corrected chi connectivity index (χ2v) is 10.2. The van der Waals surface area contributed by atoms with E-state index >= 15 is 0 Å². The fourth-order valence-corrected chi connectivity index (χ4v) is 5.22. The monoisotopic (exact) mass is 414 g/mol. The SMILES string of the molecule is CCS(=O)(=O)N1CCC(C(=O)N(C)Cc2ccc(C)cc2)(c2ccccc2)CC1. The minimum Gasteiger partial charge on any atom is -0.341 e. The summed E-state index contributed by atoms with van der Waals surface area (Å²) in [6.45, 7) is 4.98. The largest absolute Gasteiger partial charge is 0.341 e. The Morgan fingerprint density at radius 3 is 2.17 bits per heavy atom. The first-order valence-corrected chi connectivity index (χ1v) is 11.7. The number of aryl methyl sites for hydroxylation is 1. The highest BCUT2D eigenvalue weighted by Crippen LogP contribution is 2.38. The van der Waals surface area contributed by atoms with Crippen molar-refractivity contribution in [3.63, 3.8) is 0 Å². The van der Waals surface area contributed by atoms with Gasteiger partial charge in [-0.1, -0.05) is 60.2 Å². The molecule has 3 rings (SSSR count). The average molecular weight is 415 g/mol. The third-order valence-corrected chi connectivity index (χ3v) is 7.84. The average Bonchev–Trinajstić information content (AvgIpc) is 2.75. The molecule has 0 N–H and O–H groups in total. The van der Waals surface area contributed by atoms with E-state index in [1.54, 1.807) is 11.8 Å². The Bertz CT molecular complexity index is 932. The summed E-state index contributed by atoms with van der Waals surface area (Å²) in [6, 6.07) is 18.0. The van der Waals surface area contributed by atoms with Gasteiger partial charge in [-0.05, 0) is 37.8 Å². The second-order valence-electron chi connectivity index (χ2n) is 7.89. The number of nitrogens with zero attached hydrogens (tertiary/aromatic N) is 2. The molecule has 1 saturated heterocycles. The molecule has 1 fully saturated rings. The van der Waals surface area contributed by atoms with E-state index in [0.29, 0.717) is 32.5 Å². The zero-order valence-corrected chi connectivity index (χ0v) is 18.3. The van der Waals surface area contributed by atoms with Crippen molar-refractivity contribution in [2.75, 3.05) is 25.9 Å². The van der Waals surface area contributed by atoms with Crippen molar-refractivity contribution in [2.45, 2.75) is 38.6 Å². The summed E-state index contributed by atoms with van der Waals surface area (Å²) in [4.78, 5) is 15.5. The molecule has 0 spiro atoms. The maximum Gasteiger partial charge on any atom is 0.233 e. The van der Waals surface area contributed by atoms with Crippen LogP contribution in [0, 0.1) is 6.92 Å². The van der Waals surface area contributed by atoms with Gasteiger partial charge in [-0.2, -0.15) is 0 Å². The molecule has 0 atom stereocenters. The van der Waals surface area contributed by atoms with Gasteiger partial charge < -0.3 is 4.90 Å². The minimum absolute atomic E-state index is 0.0535. The molecule has 156 valence electrons. The molecule has 0 unspecified atom stereocenters. The van der Waals surface area contributed by atoms with Crippen LogP contribution in [0.5, 0.6) is 0 Å². The van der Waals surface area contributed by atoms with Gasteiger partial charge in [0.25, 0.3) is 0 Å². The number of benzene rings is 2. The van der Waals surface area contributed by atoms with Crippen molar-refractivity contribution in [1.29, 1.82) is 0 Å². The van der Waals surface area contributed by atoms with Gasteiger partial charge >= 0.3 is 0 Å². The molecule has 0 bridgehead atoms. The van der Waals surface area contributed by atoms with Crippen LogP contribution < -0.4 is 0 Å². The van der Waals surface area contributed by atoms with Crippen LogP contribution in [-0.2, 0) is 26.8 Å². The van der Waals surface area contributed by atoms with E-state index in [0.717, 1.165) is 11.1 Å².